The zero-order valence-electron chi connectivity index (χ0n) is 23.8. The third-order valence-corrected chi connectivity index (χ3v) is 8.08. The lowest BCUT2D eigenvalue weighted by Crippen LogP contribution is -2.37. The van der Waals surface area contributed by atoms with E-state index in [2.05, 4.69) is 68.4 Å². The van der Waals surface area contributed by atoms with Crippen molar-refractivity contribution in [2.45, 2.75) is 6.92 Å². The van der Waals surface area contributed by atoms with Gasteiger partial charge >= 0.3 is 0 Å². The molecule has 42 heavy (non-hydrogen) atoms. The number of anilines is 4. The van der Waals surface area contributed by atoms with E-state index >= 15 is 0 Å². The highest BCUT2D eigenvalue weighted by Gasteiger charge is 2.22. The summed E-state index contributed by atoms with van der Waals surface area (Å²) in [5, 5.41) is 4.96. The van der Waals surface area contributed by atoms with Gasteiger partial charge in [-0.25, -0.2) is 4.98 Å². The molecule has 8 nitrogen and oxygen atoms in total. The van der Waals surface area contributed by atoms with Crippen molar-refractivity contribution < 1.29 is 9.47 Å². The smallest absolute Gasteiger partial charge is 0.0943 e. The van der Waals surface area contributed by atoms with Gasteiger partial charge in [0.1, 0.15) is 0 Å². The van der Waals surface area contributed by atoms with Crippen LogP contribution in [0.4, 0.5) is 22.7 Å². The minimum Gasteiger partial charge on any atom is -0.378 e. The average Bonchev–Trinajstić information content (AvgIpc) is 3.07. The summed E-state index contributed by atoms with van der Waals surface area (Å²) in [6, 6.07) is 25.0. The fourth-order valence-electron chi connectivity index (χ4n) is 5.88. The number of morpholine rings is 2. The van der Waals surface area contributed by atoms with Crippen LogP contribution in [0.2, 0.25) is 0 Å². The molecule has 8 heteroatoms. The molecule has 2 saturated heterocycles. The first-order valence-corrected chi connectivity index (χ1v) is 14.6. The molecule has 7 rings (SSSR count). The number of hydrogen-bond acceptors (Lipinski definition) is 8. The van der Waals surface area contributed by atoms with Crippen molar-refractivity contribution in [3.63, 3.8) is 0 Å². The molecule has 0 atom stereocenters. The van der Waals surface area contributed by atoms with E-state index in [1.165, 1.54) is 11.4 Å². The van der Waals surface area contributed by atoms with E-state index in [-0.39, 0.29) is 0 Å². The number of para-hydroxylation sites is 1. The molecular formula is C34H34N6O2. The van der Waals surface area contributed by atoms with Gasteiger partial charge in [-0.3, -0.25) is 9.97 Å². The van der Waals surface area contributed by atoms with Crippen molar-refractivity contribution in [3.05, 3.63) is 90.8 Å². The summed E-state index contributed by atoms with van der Waals surface area (Å²) in [4.78, 5) is 19.4. The van der Waals surface area contributed by atoms with Gasteiger partial charge in [0.2, 0.25) is 0 Å². The highest BCUT2D eigenvalue weighted by atomic mass is 16.5. The maximum Gasteiger partial charge on any atom is 0.0943 e. The molecule has 0 saturated carbocycles. The molecule has 5 heterocycles. The topological polar surface area (TPSA) is 75.6 Å². The Morgan fingerprint density at radius 3 is 2.10 bits per heavy atom. The van der Waals surface area contributed by atoms with Crippen molar-refractivity contribution in [1.29, 1.82) is 0 Å². The molecule has 0 bridgehead atoms. The Labute approximate surface area is 246 Å². The number of hydrogen-bond donors (Lipinski definition) is 1. The maximum atomic E-state index is 5.69. The molecule has 2 fully saturated rings. The van der Waals surface area contributed by atoms with Crippen LogP contribution in [-0.2, 0) is 9.47 Å². The van der Waals surface area contributed by atoms with Crippen molar-refractivity contribution in [2.24, 2.45) is 0 Å². The van der Waals surface area contributed by atoms with Crippen LogP contribution in [0.15, 0.2) is 85.2 Å². The minimum absolute atomic E-state index is 0.721. The molecule has 0 spiro atoms. The summed E-state index contributed by atoms with van der Waals surface area (Å²) in [5.41, 5.74) is 9.94. The molecule has 3 aromatic heterocycles. The standard InChI is InChI=1S/C34H34N6O2/c1-24-32(37-30-23-25(39-15-19-41-20-16-39)11-12-31(30)40-17-21-42-22-18-40)27-8-6-7-26(28-9-2-4-13-35-28)34(27)38-33(24)29-10-3-5-14-36-29/h2-14,23H,15-22H2,1H3,(H,37,38). The van der Waals surface area contributed by atoms with Gasteiger partial charge in [-0.2, -0.15) is 0 Å². The number of rotatable bonds is 6. The van der Waals surface area contributed by atoms with E-state index in [9.17, 15) is 0 Å². The average molecular weight is 559 g/mol. The number of pyridine rings is 3. The first-order valence-electron chi connectivity index (χ1n) is 14.6. The van der Waals surface area contributed by atoms with Crippen LogP contribution in [0, 0.1) is 6.92 Å². The number of nitrogens with zero attached hydrogens (tertiary/aromatic N) is 5. The lowest BCUT2D eigenvalue weighted by atomic mass is 9.99. The van der Waals surface area contributed by atoms with E-state index in [1.54, 1.807) is 0 Å². The fourth-order valence-corrected chi connectivity index (χ4v) is 5.88. The van der Waals surface area contributed by atoms with Crippen molar-refractivity contribution >= 4 is 33.7 Å². The van der Waals surface area contributed by atoms with Crippen LogP contribution in [-0.4, -0.2) is 67.6 Å². The molecule has 0 aliphatic carbocycles. The second-order valence-electron chi connectivity index (χ2n) is 10.6. The Kier molecular flexibility index (Phi) is 7.38. The predicted molar refractivity (Wildman–Crippen MR) is 169 cm³/mol. The Morgan fingerprint density at radius 1 is 0.714 bits per heavy atom. The van der Waals surface area contributed by atoms with Gasteiger partial charge in [0, 0.05) is 60.8 Å². The fraction of sp³-hybridized carbons (Fsp3) is 0.265. The summed E-state index contributed by atoms with van der Waals surface area (Å²) in [6.45, 7) is 8.52. The summed E-state index contributed by atoms with van der Waals surface area (Å²) in [7, 11) is 0. The van der Waals surface area contributed by atoms with Crippen molar-refractivity contribution in [1.82, 2.24) is 15.0 Å². The lowest BCUT2D eigenvalue weighted by molar-refractivity contribution is 0.122. The van der Waals surface area contributed by atoms with Crippen LogP contribution < -0.4 is 15.1 Å². The second-order valence-corrected chi connectivity index (χ2v) is 10.6. The minimum atomic E-state index is 0.721. The highest BCUT2D eigenvalue weighted by molar-refractivity contribution is 6.04. The molecule has 2 aromatic carbocycles. The molecule has 0 unspecified atom stereocenters. The third kappa shape index (κ3) is 5.15. The molecule has 2 aliphatic rings. The Balaban J connectivity index is 1.42. The third-order valence-electron chi connectivity index (χ3n) is 8.08. The normalized spacial score (nSPS) is 15.6. The van der Waals surface area contributed by atoms with Crippen LogP contribution in [0.1, 0.15) is 5.56 Å². The van der Waals surface area contributed by atoms with E-state index in [4.69, 9.17) is 14.5 Å². The van der Waals surface area contributed by atoms with Gasteiger partial charge in [0.15, 0.2) is 0 Å². The monoisotopic (exact) mass is 558 g/mol. The van der Waals surface area contributed by atoms with Crippen molar-refractivity contribution in [2.75, 3.05) is 67.7 Å². The molecule has 0 amide bonds. The van der Waals surface area contributed by atoms with E-state index in [1.807, 2.05) is 48.8 Å². The summed E-state index contributed by atoms with van der Waals surface area (Å²) >= 11 is 0. The molecule has 212 valence electrons. The Bertz CT molecular complexity index is 1680. The van der Waals surface area contributed by atoms with Gasteiger partial charge in [-0.05, 0) is 49.4 Å². The number of nitrogens with one attached hydrogen (secondary N) is 1. The Hall–Kier alpha value is -4.53. The van der Waals surface area contributed by atoms with Crippen LogP contribution >= 0.6 is 0 Å². The van der Waals surface area contributed by atoms with Crippen LogP contribution in [0.25, 0.3) is 33.5 Å². The summed E-state index contributed by atoms with van der Waals surface area (Å²) in [6.07, 6.45) is 3.65. The predicted octanol–water partition coefficient (Wildman–Crippen LogP) is 6.08. The van der Waals surface area contributed by atoms with Gasteiger partial charge in [-0.15, -0.1) is 0 Å². The van der Waals surface area contributed by atoms with Crippen LogP contribution in [0.5, 0.6) is 0 Å². The van der Waals surface area contributed by atoms with Gasteiger partial charge < -0.3 is 24.6 Å². The van der Waals surface area contributed by atoms with Crippen molar-refractivity contribution in [3.8, 4) is 22.6 Å². The molecule has 5 aromatic rings. The zero-order chi connectivity index (χ0) is 28.3. The van der Waals surface area contributed by atoms with E-state index in [0.717, 1.165) is 103 Å². The Morgan fingerprint density at radius 2 is 1.40 bits per heavy atom. The molecule has 2 aliphatic heterocycles. The number of aromatic nitrogens is 3. The largest absolute Gasteiger partial charge is 0.378 e. The molecule has 0 radical (unpaired) electrons. The van der Waals surface area contributed by atoms with E-state index in [0.29, 0.717) is 0 Å². The quantitative estimate of drug-likeness (QED) is 0.269. The zero-order valence-corrected chi connectivity index (χ0v) is 23.8. The van der Waals surface area contributed by atoms with Gasteiger partial charge in [-0.1, -0.05) is 30.3 Å². The maximum absolute atomic E-state index is 5.69. The lowest BCUT2D eigenvalue weighted by Gasteiger charge is -2.33. The molecular weight excluding hydrogens is 524 g/mol. The first-order chi connectivity index (χ1) is 20.8. The number of ether oxygens (including phenoxy) is 2. The number of fused-ring (bicyclic) bond motifs is 1. The van der Waals surface area contributed by atoms with Crippen LogP contribution in [0.3, 0.4) is 0 Å². The summed E-state index contributed by atoms with van der Waals surface area (Å²) in [5.74, 6) is 0. The SMILES string of the molecule is Cc1c(-c2ccccn2)nc2c(-c3ccccn3)cccc2c1Nc1cc(N2CCOCC2)ccc1N1CCOCC1. The highest BCUT2D eigenvalue weighted by Crippen LogP contribution is 2.41. The second kappa shape index (κ2) is 11.8. The van der Waals surface area contributed by atoms with Gasteiger partial charge in [0.25, 0.3) is 0 Å². The number of benzene rings is 2. The van der Waals surface area contributed by atoms with Gasteiger partial charge in [0.05, 0.1) is 66.1 Å². The first kappa shape index (κ1) is 26.4. The summed E-state index contributed by atoms with van der Waals surface area (Å²) < 4.78 is 11.3. The van der Waals surface area contributed by atoms with E-state index < -0.39 is 0 Å². The molecule has 1 N–H and O–H groups in total.